The molecule has 6 aromatic rings. The normalized spacial score (nSPS) is 11.1. The molecule has 5 aromatic carbocycles. The lowest BCUT2D eigenvalue weighted by Crippen LogP contribution is -2.30. The molecular formula is C45H43NO6. The largest absolute Gasteiger partial charge is 0.489 e. The van der Waals surface area contributed by atoms with Gasteiger partial charge in [-0.2, -0.15) is 0 Å². The van der Waals surface area contributed by atoms with Crippen LogP contribution in [0.25, 0.3) is 0 Å². The van der Waals surface area contributed by atoms with Gasteiger partial charge in [-0.25, -0.2) is 9.36 Å². The maximum Gasteiger partial charge on any atom is 0.419 e. The highest BCUT2D eigenvalue weighted by Gasteiger charge is 2.26. The summed E-state index contributed by atoms with van der Waals surface area (Å²) in [7, 11) is 0. The van der Waals surface area contributed by atoms with Gasteiger partial charge in [-0.05, 0) is 98.3 Å². The van der Waals surface area contributed by atoms with Crippen LogP contribution in [0.4, 0.5) is 4.79 Å². The molecule has 0 fully saturated rings. The van der Waals surface area contributed by atoms with Crippen LogP contribution in [0.3, 0.4) is 0 Å². The number of rotatable bonds is 14. The standard InChI is InChI=1S/C45H43NO6/c1-45(2,3)52-44(48)46-38(23-19-33-20-25-39(26-21-33)49-30-34-13-7-4-8-14-34)24-27-40(46)43(47)37-22-28-41(50-31-35-15-9-5-10-16-35)42(29-37)51-32-36-17-11-6-12-18-36/h4-18,20-22,24-29H,19,23,30-32H2,1-3H3. The second-order valence-electron chi connectivity index (χ2n) is 13.5. The SMILES string of the molecule is CC(C)(C)OC(=O)n1c(CCc2ccc(OCc3ccccc3)cc2)ccc1C(=O)c1ccc(OCc2ccccc2)c(OCc2ccccc2)c1. The molecule has 0 N–H and O–H groups in total. The van der Waals surface area contributed by atoms with Crippen molar-refractivity contribution in [3.8, 4) is 17.2 Å². The van der Waals surface area contributed by atoms with Gasteiger partial charge in [0.1, 0.15) is 36.9 Å². The van der Waals surface area contributed by atoms with Crippen molar-refractivity contribution in [2.75, 3.05) is 0 Å². The minimum atomic E-state index is -0.759. The summed E-state index contributed by atoms with van der Waals surface area (Å²) in [6.45, 7) is 6.54. The second kappa shape index (κ2) is 16.8. The lowest BCUT2D eigenvalue weighted by Gasteiger charge is -2.21. The number of carbonyl (C=O) groups excluding carboxylic acids is 2. The first-order valence-electron chi connectivity index (χ1n) is 17.4. The highest BCUT2D eigenvalue weighted by Crippen LogP contribution is 2.32. The van der Waals surface area contributed by atoms with Crippen molar-refractivity contribution in [1.29, 1.82) is 0 Å². The van der Waals surface area contributed by atoms with Crippen LogP contribution < -0.4 is 14.2 Å². The molecule has 1 heterocycles. The van der Waals surface area contributed by atoms with Gasteiger partial charge in [-0.1, -0.05) is 103 Å². The monoisotopic (exact) mass is 693 g/mol. The lowest BCUT2D eigenvalue weighted by molar-refractivity contribution is 0.0525. The van der Waals surface area contributed by atoms with Crippen LogP contribution in [-0.2, 0) is 37.4 Å². The summed E-state index contributed by atoms with van der Waals surface area (Å²) in [6, 6.07) is 46.2. The Balaban J connectivity index is 1.22. The van der Waals surface area contributed by atoms with Crippen molar-refractivity contribution in [3.05, 3.63) is 185 Å². The Morgan fingerprint density at radius 3 is 1.63 bits per heavy atom. The van der Waals surface area contributed by atoms with Gasteiger partial charge in [-0.15, -0.1) is 0 Å². The number of benzene rings is 5. The first-order valence-corrected chi connectivity index (χ1v) is 17.4. The number of hydrogen-bond acceptors (Lipinski definition) is 6. The highest BCUT2D eigenvalue weighted by atomic mass is 16.6. The minimum absolute atomic E-state index is 0.209. The summed E-state index contributed by atoms with van der Waals surface area (Å²) >= 11 is 0. The molecule has 52 heavy (non-hydrogen) atoms. The van der Waals surface area contributed by atoms with E-state index >= 15 is 0 Å². The Morgan fingerprint density at radius 2 is 1.08 bits per heavy atom. The van der Waals surface area contributed by atoms with E-state index in [1.165, 1.54) is 4.57 Å². The van der Waals surface area contributed by atoms with Crippen LogP contribution in [0.5, 0.6) is 17.2 Å². The third kappa shape index (κ3) is 9.79. The van der Waals surface area contributed by atoms with E-state index in [4.69, 9.17) is 18.9 Å². The molecule has 0 aliphatic heterocycles. The zero-order valence-corrected chi connectivity index (χ0v) is 29.8. The van der Waals surface area contributed by atoms with Crippen molar-refractivity contribution < 1.29 is 28.5 Å². The summed E-state index contributed by atoms with van der Waals surface area (Å²) in [5.74, 6) is 1.38. The number of aryl methyl sites for hydroxylation is 2. The number of nitrogens with zero attached hydrogens (tertiary/aromatic N) is 1. The van der Waals surface area contributed by atoms with Crippen LogP contribution in [0.1, 0.15) is 64.8 Å². The Bertz CT molecular complexity index is 2060. The van der Waals surface area contributed by atoms with Gasteiger partial charge in [0.2, 0.25) is 5.78 Å². The Labute approximate surface area is 305 Å². The second-order valence-corrected chi connectivity index (χ2v) is 13.5. The van der Waals surface area contributed by atoms with Gasteiger partial charge in [0.05, 0.1) is 0 Å². The van der Waals surface area contributed by atoms with Crippen molar-refractivity contribution in [3.63, 3.8) is 0 Å². The molecule has 7 nitrogen and oxygen atoms in total. The average Bonchev–Trinajstić information content (AvgIpc) is 3.60. The molecule has 0 unspecified atom stereocenters. The minimum Gasteiger partial charge on any atom is -0.489 e. The Morgan fingerprint density at radius 1 is 0.538 bits per heavy atom. The number of ether oxygens (including phenoxy) is 4. The predicted molar refractivity (Wildman–Crippen MR) is 202 cm³/mol. The fourth-order valence-corrected chi connectivity index (χ4v) is 5.64. The first kappa shape index (κ1) is 35.7. The Hall–Kier alpha value is -6.08. The van der Waals surface area contributed by atoms with Gasteiger partial charge in [-0.3, -0.25) is 4.79 Å². The highest BCUT2D eigenvalue weighted by molar-refractivity contribution is 6.10. The average molecular weight is 694 g/mol. The number of aromatic nitrogens is 1. The van der Waals surface area contributed by atoms with Crippen LogP contribution in [0.2, 0.25) is 0 Å². The van der Waals surface area contributed by atoms with E-state index in [-0.39, 0.29) is 11.5 Å². The Kier molecular flexibility index (Phi) is 11.5. The fraction of sp³-hybridized carbons (Fsp3) is 0.200. The van der Waals surface area contributed by atoms with E-state index in [1.54, 1.807) is 24.3 Å². The molecule has 7 heteroatoms. The van der Waals surface area contributed by atoms with Gasteiger partial charge in [0.25, 0.3) is 0 Å². The van der Waals surface area contributed by atoms with E-state index in [1.807, 2.05) is 142 Å². The van der Waals surface area contributed by atoms with E-state index in [0.717, 1.165) is 28.0 Å². The molecule has 0 bridgehead atoms. The number of carbonyl (C=O) groups is 2. The van der Waals surface area contributed by atoms with Crippen LogP contribution in [-0.4, -0.2) is 22.0 Å². The van der Waals surface area contributed by atoms with Crippen molar-refractivity contribution in [2.45, 2.75) is 59.0 Å². The van der Waals surface area contributed by atoms with E-state index in [0.29, 0.717) is 55.4 Å². The molecule has 0 atom stereocenters. The first-order chi connectivity index (χ1) is 25.2. The molecule has 0 saturated heterocycles. The van der Waals surface area contributed by atoms with Crippen LogP contribution in [0, 0.1) is 0 Å². The molecule has 1 aromatic heterocycles. The van der Waals surface area contributed by atoms with Crippen molar-refractivity contribution >= 4 is 11.9 Å². The molecule has 6 rings (SSSR count). The topological polar surface area (TPSA) is 76.0 Å². The summed E-state index contributed by atoms with van der Waals surface area (Å²) in [6.07, 6.45) is 0.544. The molecular weight excluding hydrogens is 650 g/mol. The van der Waals surface area contributed by atoms with Crippen molar-refractivity contribution in [1.82, 2.24) is 4.57 Å². The molecule has 0 spiro atoms. The van der Waals surface area contributed by atoms with Crippen LogP contribution in [0.15, 0.2) is 146 Å². The third-order valence-corrected chi connectivity index (χ3v) is 8.29. The van der Waals surface area contributed by atoms with Crippen molar-refractivity contribution in [2.24, 2.45) is 0 Å². The summed E-state index contributed by atoms with van der Waals surface area (Å²) < 4.78 is 25.5. The molecule has 0 aliphatic rings. The van der Waals surface area contributed by atoms with Crippen LogP contribution >= 0.6 is 0 Å². The molecule has 0 aliphatic carbocycles. The zero-order chi connectivity index (χ0) is 36.3. The van der Waals surface area contributed by atoms with E-state index in [2.05, 4.69) is 0 Å². The summed E-state index contributed by atoms with van der Waals surface area (Å²) in [5.41, 5.74) is 4.64. The van der Waals surface area contributed by atoms with E-state index < -0.39 is 11.7 Å². The molecule has 0 amide bonds. The number of hydrogen-bond donors (Lipinski definition) is 0. The quantitative estimate of drug-likeness (QED) is 0.106. The van der Waals surface area contributed by atoms with Gasteiger partial charge >= 0.3 is 6.09 Å². The van der Waals surface area contributed by atoms with Gasteiger partial charge in [0.15, 0.2) is 11.5 Å². The summed E-state index contributed by atoms with van der Waals surface area (Å²) in [4.78, 5) is 27.9. The smallest absolute Gasteiger partial charge is 0.419 e. The summed E-state index contributed by atoms with van der Waals surface area (Å²) in [5, 5.41) is 0. The fourth-order valence-electron chi connectivity index (χ4n) is 5.64. The molecule has 0 radical (unpaired) electrons. The predicted octanol–water partition coefficient (Wildman–Crippen LogP) is 10.0. The molecule has 0 saturated carbocycles. The zero-order valence-electron chi connectivity index (χ0n) is 29.8. The third-order valence-electron chi connectivity index (χ3n) is 8.29. The number of ketones is 1. The maximum atomic E-state index is 14.2. The van der Waals surface area contributed by atoms with Gasteiger partial charge < -0.3 is 18.9 Å². The van der Waals surface area contributed by atoms with Gasteiger partial charge in [0, 0.05) is 11.3 Å². The molecule has 264 valence electrons. The lowest BCUT2D eigenvalue weighted by atomic mass is 10.1. The van der Waals surface area contributed by atoms with E-state index in [9.17, 15) is 9.59 Å². The maximum absolute atomic E-state index is 14.2.